The molecule has 0 unspecified atom stereocenters. The maximum absolute atomic E-state index is 12.4. The van der Waals surface area contributed by atoms with Crippen LogP contribution in [0.2, 0.25) is 10.0 Å². The van der Waals surface area contributed by atoms with E-state index in [9.17, 15) is 14.9 Å². The number of carbonyl (C=O) groups is 2. The Bertz CT molecular complexity index is 1130. The standard InChI is InChI=1S/C23H14Cl2N2O3/c24-18-11-19(25)13-20(12-18)27-22(28)17(14-26)10-15-6-8-21(9-7-15)30-23(29)16-4-2-1-3-5-16/h1-13H,(H,27,28)/b17-10+. The van der Waals surface area contributed by atoms with E-state index in [0.717, 1.165) is 0 Å². The van der Waals surface area contributed by atoms with Gasteiger partial charge in [-0.3, -0.25) is 4.79 Å². The highest BCUT2D eigenvalue weighted by Gasteiger charge is 2.11. The molecule has 7 heteroatoms. The number of esters is 1. The van der Waals surface area contributed by atoms with Gasteiger partial charge in [0.25, 0.3) is 5.91 Å². The molecule has 5 nitrogen and oxygen atoms in total. The Balaban J connectivity index is 1.70. The Morgan fingerprint density at radius 2 is 1.57 bits per heavy atom. The van der Waals surface area contributed by atoms with Gasteiger partial charge in [0, 0.05) is 15.7 Å². The number of nitrogens with one attached hydrogen (secondary N) is 1. The van der Waals surface area contributed by atoms with E-state index < -0.39 is 11.9 Å². The van der Waals surface area contributed by atoms with E-state index in [1.54, 1.807) is 48.5 Å². The van der Waals surface area contributed by atoms with Crippen molar-refractivity contribution in [1.29, 1.82) is 5.26 Å². The van der Waals surface area contributed by atoms with Crippen LogP contribution in [0.4, 0.5) is 5.69 Å². The van der Waals surface area contributed by atoms with Crippen LogP contribution in [0.15, 0.2) is 78.4 Å². The average Bonchev–Trinajstić information content (AvgIpc) is 2.73. The lowest BCUT2D eigenvalue weighted by atomic mass is 10.1. The van der Waals surface area contributed by atoms with Gasteiger partial charge in [0.2, 0.25) is 0 Å². The van der Waals surface area contributed by atoms with Crippen molar-refractivity contribution in [2.45, 2.75) is 0 Å². The van der Waals surface area contributed by atoms with E-state index in [4.69, 9.17) is 27.9 Å². The number of hydrogen-bond acceptors (Lipinski definition) is 4. The average molecular weight is 437 g/mol. The van der Waals surface area contributed by atoms with Crippen LogP contribution < -0.4 is 10.1 Å². The molecule has 0 bridgehead atoms. The molecule has 148 valence electrons. The summed E-state index contributed by atoms with van der Waals surface area (Å²) in [7, 11) is 0. The second-order valence-electron chi connectivity index (χ2n) is 6.11. The van der Waals surface area contributed by atoms with E-state index in [-0.39, 0.29) is 5.57 Å². The molecule has 0 radical (unpaired) electrons. The molecule has 0 aliphatic heterocycles. The van der Waals surface area contributed by atoms with E-state index in [1.165, 1.54) is 24.3 Å². The van der Waals surface area contributed by atoms with Gasteiger partial charge in [0.1, 0.15) is 17.4 Å². The Kier molecular flexibility index (Phi) is 6.87. The molecule has 0 aliphatic carbocycles. The zero-order valence-electron chi connectivity index (χ0n) is 15.4. The van der Waals surface area contributed by atoms with Gasteiger partial charge < -0.3 is 10.1 Å². The molecule has 3 aromatic carbocycles. The Morgan fingerprint density at radius 3 is 2.17 bits per heavy atom. The van der Waals surface area contributed by atoms with Crippen LogP contribution in [0.1, 0.15) is 15.9 Å². The van der Waals surface area contributed by atoms with Gasteiger partial charge in [0.15, 0.2) is 0 Å². The lowest BCUT2D eigenvalue weighted by molar-refractivity contribution is -0.112. The van der Waals surface area contributed by atoms with Gasteiger partial charge >= 0.3 is 5.97 Å². The number of amides is 1. The summed E-state index contributed by atoms with van der Waals surface area (Å²) in [5.41, 5.74) is 1.29. The van der Waals surface area contributed by atoms with Crippen molar-refractivity contribution < 1.29 is 14.3 Å². The van der Waals surface area contributed by atoms with E-state index >= 15 is 0 Å². The van der Waals surface area contributed by atoms with Gasteiger partial charge in [-0.1, -0.05) is 53.5 Å². The first-order valence-electron chi connectivity index (χ1n) is 8.71. The molecule has 30 heavy (non-hydrogen) atoms. The topological polar surface area (TPSA) is 79.2 Å². The molecule has 1 N–H and O–H groups in total. The van der Waals surface area contributed by atoms with Crippen LogP contribution in [0.25, 0.3) is 6.08 Å². The summed E-state index contributed by atoms with van der Waals surface area (Å²) in [4.78, 5) is 24.5. The molecular formula is C23H14Cl2N2O3. The molecule has 0 aromatic heterocycles. The monoisotopic (exact) mass is 436 g/mol. The molecule has 3 rings (SSSR count). The first-order chi connectivity index (χ1) is 14.4. The maximum atomic E-state index is 12.4. The van der Waals surface area contributed by atoms with Gasteiger partial charge in [-0.2, -0.15) is 5.26 Å². The second kappa shape index (κ2) is 9.75. The number of anilines is 1. The zero-order valence-corrected chi connectivity index (χ0v) is 16.9. The van der Waals surface area contributed by atoms with Crippen molar-refractivity contribution in [2.75, 3.05) is 5.32 Å². The van der Waals surface area contributed by atoms with Crippen LogP contribution in [-0.2, 0) is 4.79 Å². The van der Waals surface area contributed by atoms with Crippen LogP contribution in [-0.4, -0.2) is 11.9 Å². The molecule has 0 heterocycles. The Hall–Kier alpha value is -3.59. The second-order valence-corrected chi connectivity index (χ2v) is 6.98. The highest BCUT2D eigenvalue weighted by atomic mass is 35.5. The largest absolute Gasteiger partial charge is 0.423 e. The minimum Gasteiger partial charge on any atom is -0.423 e. The summed E-state index contributed by atoms with van der Waals surface area (Å²) in [6.45, 7) is 0. The van der Waals surface area contributed by atoms with Gasteiger partial charge in [-0.25, -0.2) is 4.79 Å². The number of hydrogen-bond donors (Lipinski definition) is 1. The number of nitrogens with zero attached hydrogens (tertiary/aromatic N) is 1. The lowest BCUT2D eigenvalue weighted by Gasteiger charge is -2.06. The van der Waals surface area contributed by atoms with Crippen LogP contribution in [0, 0.1) is 11.3 Å². The first-order valence-corrected chi connectivity index (χ1v) is 9.47. The van der Waals surface area contributed by atoms with Gasteiger partial charge in [0.05, 0.1) is 5.56 Å². The van der Waals surface area contributed by atoms with E-state index in [0.29, 0.717) is 32.6 Å². The summed E-state index contributed by atoms with van der Waals surface area (Å²) in [6, 6.07) is 21.5. The van der Waals surface area contributed by atoms with Crippen molar-refractivity contribution >= 4 is 46.8 Å². The van der Waals surface area contributed by atoms with Crippen molar-refractivity contribution in [1.82, 2.24) is 0 Å². The molecule has 0 aliphatic rings. The highest BCUT2D eigenvalue weighted by molar-refractivity contribution is 6.35. The number of ether oxygens (including phenoxy) is 1. The number of benzene rings is 3. The summed E-state index contributed by atoms with van der Waals surface area (Å²) >= 11 is 11.8. The molecular weight excluding hydrogens is 423 g/mol. The van der Waals surface area contributed by atoms with Crippen LogP contribution in [0.3, 0.4) is 0 Å². The van der Waals surface area contributed by atoms with Gasteiger partial charge in [-0.15, -0.1) is 0 Å². The predicted molar refractivity (Wildman–Crippen MR) is 117 cm³/mol. The summed E-state index contributed by atoms with van der Waals surface area (Å²) < 4.78 is 5.31. The van der Waals surface area contributed by atoms with Gasteiger partial charge in [-0.05, 0) is 54.1 Å². The van der Waals surface area contributed by atoms with Crippen LogP contribution in [0.5, 0.6) is 5.75 Å². The van der Waals surface area contributed by atoms with Crippen molar-refractivity contribution in [3.05, 3.63) is 99.5 Å². The number of carbonyl (C=O) groups excluding carboxylic acids is 2. The van der Waals surface area contributed by atoms with Crippen molar-refractivity contribution in [3.8, 4) is 11.8 Å². The Morgan fingerprint density at radius 1 is 0.933 bits per heavy atom. The third-order valence-corrected chi connectivity index (χ3v) is 4.33. The molecule has 0 saturated carbocycles. The Labute approximate surface area is 183 Å². The quantitative estimate of drug-likeness (QED) is 0.238. The fourth-order valence-corrected chi connectivity index (χ4v) is 3.04. The van der Waals surface area contributed by atoms with Crippen molar-refractivity contribution in [2.24, 2.45) is 0 Å². The third-order valence-electron chi connectivity index (χ3n) is 3.90. The van der Waals surface area contributed by atoms with Crippen molar-refractivity contribution in [3.63, 3.8) is 0 Å². The fraction of sp³-hybridized carbons (Fsp3) is 0. The minimum absolute atomic E-state index is 0.111. The molecule has 3 aromatic rings. The lowest BCUT2D eigenvalue weighted by Crippen LogP contribution is -2.13. The highest BCUT2D eigenvalue weighted by Crippen LogP contribution is 2.23. The minimum atomic E-state index is -0.601. The molecule has 0 spiro atoms. The summed E-state index contributed by atoms with van der Waals surface area (Å²) in [6.07, 6.45) is 1.42. The summed E-state index contributed by atoms with van der Waals surface area (Å²) in [5, 5.41) is 12.7. The molecule has 0 saturated heterocycles. The number of halogens is 2. The predicted octanol–water partition coefficient (Wildman–Crippen LogP) is 5.76. The fourth-order valence-electron chi connectivity index (χ4n) is 2.51. The number of nitriles is 1. The van der Waals surface area contributed by atoms with Crippen LogP contribution >= 0.6 is 23.2 Å². The molecule has 0 atom stereocenters. The first kappa shape index (κ1) is 21.1. The molecule has 0 fully saturated rings. The number of rotatable bonds is 5. The third kappa shape index (κ3) is 5.71. The van der Waals surface area contributed by atoms with E-state index in [2.05, 4.69) is 5.32 Å². The van der Waals surface area contributed by atoms with E-state index in [1.807, 2.05) is 12.1 Å². The smallest absolute Gasteiger partial charge is 0.343 e. The summed E-state index contributed by atoms with van der Waals surface area (Å²) in [5.74, 6) is -0.732. The molecule has 1 amide bonds. The SMILES string of the molecule is N#C/C(=C\c1ccc(OC(=O)c2ccccc2)cc1)C(=O)Nc1cc(Cl)cc(Cl)c1. The zero-order chi connectivity index (χ0) is 21.5. The maximum Gasteiger partial charge on any atom is 0.343 e. The normalized spacial score (nSPS) is 10.8.